The van der Waals surface area contributed by atoms with Crippen LogP contribution in [0.25, 0.3) is 0 Å². The Morgan fingerprint density at radius 2 is 2.14 bits per heavy atom. The Labute approximate surface area is 143 Å². The van der Waals surface area contributed by atoms with E-state index in [9.17, 15) is 15.0 Å². The summed E-state index contributed by atoms with van der Waals surface area (Å²) in [6.45, 7) is 2.03. The fourth-order valence-electron chi connectivity index (χ4n) is 2.84. The van der Waals surface area contributed by atoms with E-state index < -0.39 is 22.9 Å². The van der Waals surface area contributed by atoms with Gasteiger partial charge in [0.25, 0.3) is 0 Å². The second kappa shape index (κ2) is 7.11. The lowest BCUT2D eigenvalue weighted by molar-refractivity contribution is -0.140. The Balaban J connectivity index is 2.38. The number of alkyl halides is 2. The first kappa shape index (κ1) is 17.4. The second-order valence-corrected chi connectivity index (χ2v) is 7.23. The minimum absolute atomic E-state index is 0.0753. The molecule has 1 aliphatic rings. The van der Waals surface area contributed by atoms with Crippen molar-refractivity contribution < 1.29 is 15.0 Å². The maximum absolute atomic E-state index is 11.3. The van der Waals surface area contributed by atoms with Crippen LogP contribution < -0.4 is 0 Å². The highest BCUT2D eigenvalue weighted by molar-refractivity contribution is 9.09. The van der Waals surface area contributed by atoms with E-state index in [1.54, 1.807) is 18.2 Å². The van der Waals surface area contributed by atoms with Crippen LogP contribution in [-0.4, -0.2) is 32.6 Å². The van der Waals surface area contributed by atoms with E-state index in [1.165, 1.54) is 6.21 Å². The van der Waals surface area contributed by atoms with Crippen molar-refractivity contribution in [2.45, 2.75) is 42.0 Å². The summed E-state index contributed by atoms with van der Waals surface area (Å²) in [4.78, 5) is 15.4. The fraction of sp³-hybridized carbons (Fsp3) is 0.500. The van der Waals surface area contributed by atoms with Gasteiger partial charge >= 0.3 is 5.97 Å². The van der Waals surface area contributed by atoms with Crippen LogP contribution in [0.4, 0.5) is 5.69 Å². The first-order valence-corrected chi connectivity index (χ1v) is 8.62. The highest BCUT2D eigenvalue weighted by atomic mass is 79.9. The average molecular weight is 389 g/mol. The zero-order valence-corrected chi connectivity index (χ0v) is 14.6. The molecule has 0 bridgehead atoms. The van der Waals surface area contributed by atoms with Crippen LogP contribution >= 0.6 is 27.5 Å². The third-order valence-corrected chi connectivity index (χ3v) is 5.93. The molecule has 0 amide bonds. The molecular weight excluding hydrogens is 370 g/mol. The summed E-state index contributed by atoms with van der Waals surface area (Å²) in [6, 6.07) is 7.19. The molecule has 1 aliphatic heterocycles. The van der Waals surface area contributed by atoms with Crippen molar-refractivity contribution in [2.75, 3.05) is 0 Å². The number of rotatable bonds is 7. The summed E-state index contributed by atoms with van der Waals surface area (Å²) in [5.41, 5.74) is -0.185. The summed E-state index contributed by atoms with van der Waals surface area (Å²) in [5, 5.41) is 19.8. The van der Waals surface area contributed by atoms with Crippen LogP contribution in [0.1, 0.15) is 31.7 Å². The third-order valence-electron chi connectivity index (χ3n) is 3.99. The Morgan fingerprint density at radius 3 is 2.77 bits per heavy atom. The summed E-state index contributed by atoms with van der Waals surface area (Å²) in [7, 11) is 0. The lowest BCUT2D eigenvalue weighted by Crippen LogP contribution is -2.44. The standard InChI is InChI=1S/C16H19BrClNO3/c1-2-5-12(17)15(18)11(8-14(20)21)16(22)9-19-13-7-4-3-6-10(13)16/h3-4,6-7,9,11-12,15,22H,2,5,8H2,1H3,(H,20,21). The van der Waals surface area contributed by atoms with Crippen molar-refractivity contribution in [3.8, 4) is 0 Å². The van der Waals surface area contributed by atoms with E-state index in [1.807, 2.05) is 13.0 Å². The predicted molar refractivity (Wildman–Crippen MR) is 91.5 cm³/mol. The first-order chi connectivity index (χ1) is 10.4. The molecule has 4 nitrogen and oxygen atoms in total. The number of hydrogen-bond acceptors (Lipinski definition) is 3. The first-order valence-electron chi connectivity index (χ1n) is 7.27. The molecule has 2 rings (SSSR count). The Hall–Kier alpha value is -0.910. The van der Waals surface area contributed by atoms with Crippen molar-refractivity contribution in [2.24, 2.45) is 10.9 Å². The maximum Gasteiger partial charge on any atom is 0.303 e. The van der Waals surface area contributed by atoms with Gasteiger partial charge < -0.3 is 10.2 Å². The van der Waals surface area contributed by atoms with Crippen molar-refractivity contribution in [3.63, 3.8) is 0 Å². The van der Waals surface area contributed by atoms with E-state index in [-0.39, 0.29) is 11.2 Å². The number of carboxylic acids is 1. The van der Waals surface area contributed by atoms with Gasteiger partial charge in [0.2, 0.25) is 0 Å². The molecule has 120 valence electrons. The lowest BCUT2D eigenvalue weighted by atomic mass is 9.77. The summed E-state index contributed by atoms with van der Waals surface area (Å²) < 4.78 is 0. The zero-order valence-electron chi connectivity index (χ0n) is 12.2. The number of aliphatic carboxylic acids is 1. The molecule has 1 aromatic rings. The van der Waals surface area contributed by atoms with E-state index >= 15 is 0 Å². The van der Waals surface area contributed by atoms with Crippen molar-refractivity contribution in [3.05, 3.63) is 29.8 Å². The minimum atomic E-state index is -1.46. The molecule has 1 heterocycles. The average Bonchev–Trinajstić information content (AvgIpc) is 2.83. The number of halogens is 2. The number of fused-ring (bicyclic) bond motifs is 1. The number of carboxylic acid groups (broad SMARTS) is 1. The second-order valence-electron chi connectivity index (χ2n) is 5.55. The zero-order chi connectivity index (χ0) is 16.3. The Bertz CT molecular complexity index is 580. The van der Waals surface area contributed by atoms with Gasteiger partial charge in [-0.15, -0.1) is 11.6 Å². The van der Waals surface area contributed by atoms with Gasteiger partial charge in [-0.25, -0.2) is 0 Å². The fourth-order valence-corrected chi connectivity index (χ4v) is 4.08. The molecule has 0 fully saturated rings. The van der Waals surface area contributed by atoms with Crippen LogP contribution in [0.15, 0.2) is 29.3 Å². The molecule has 0 saturated heterocycles. The molecule has 0 spiro atoms. The van der Waals surface area contributed by atoms with Crippen LogP contribution in [0, 0.1) is 5.92 Å². The number of para-hydroxylation sites is 1. The minimum Gasteiger partial charge on any atom is -0.481 e. The van der Waals surface area contributed by atoms with Crippen molar-refractivity contribution in [1.29, 1.82) is 0 Å². The number of nitrogens with zero attached hydrogens (tertiary/aromatic N) is 1. The van der Waals surface area contributed by atoms with Gasteiger partial charge in [0, 0.05) is 22.5 Å². The molecule has 6 heteroatoms. The van der Waals surface area contributed by atoms with Gasteiger partial charge in [0.05, 0.1) is 17.5 Å². The summed E-state index contributed by atoms with van der Waals surface area (Å²) in [5.74, 6) is -1.66. The molecule has 1 aromatic carbocycles. The molecule has 4 unspecified atom stereocenters. The van der Waals surface area contributed by atoms with Crippen molar-refractivity contribution >= 4 is 45.4 Å². The van der Waals surface area contributed by atoms with Crippen LogP contribution in [0.2, 0.25) is 0 Å². The van der Waals surface area contributed by atoms with Gasteiger partial charge in [0.15, 0.2) is 0 Å². The SMILES string of the molecule is CCCC(Br)C(Cl)C(CC(=O)O)C1(O)C=Nc2ccccc21. The topological polar surface area (TPSA) is 69.9 Å². The molecule has 0 aliphatic carbocycles. The molecule has 22 heavy (non-hydrogen) atoms. The maximum atomic E-state index is 11.3. The molecule has 2 N–H and O–H groups in total. The molecule has 0 radical (unpaired) electrons. The van der Waals surface area contributed by atoms with Crippen LogP contribution in [-0.2, 0) is 10.4 Å². The van der Waals surface area contributed by atoms with Crippen molar-refractivity contribution in [1.82, 2.24) is 0 Å². The monoisotopic (exact) mass is 387 g/mol. The van der Waals surface area contributed by atoms with Gasteiger partial charge in [-0.2, -0.15) is 0 Å². The number of aliphatic hydroxyl groups is 1. The highest BCUT2D eigenvalue weighted by Crippen LogP contribution is 2.45. The largest absolute Gasteiger partial charge is 0.481 e. The highest BCUT2D eigenvalue weighted by Gasteiger charge is 2.47. The normalized spacial score (nSPS) is 23.8. The summed E-state index contributed by atoms with van der Waals surface area (Å²) >= 11 is 10.0. The van der Waals surface area contributed by atoms with Gasteiger partial charge in [-0.05, 0) is 12.5 Å². The number of hydrogen-bond donors (Lipinski definition) is 2. The third kappa shape index (κ3) is 3.36. The van der Waals surface area contributed by atoms with E-state index in [0.29, 0.717) is 11.3 Å². The quantitative estimate of drug-likeness (QED) is 0.697. The Morgan fingerprint density at radius 1 is 1.45 bits per heavy atom. The van der Waals surface area contributed by atoms with Crippen LogP contribution in [0.3, 0.4) is 0 Å². The van der Waals surface area contributed by atoms with Gasteiger partial charge in [-0.3, -0.25) is 9.79 Å². The van der Waals surface area contributed by atoms with Crippen LogP contribution in [0.5, 0.6) is 0 Å². The van der Waals surface area contributed by atoms with E-state index in [4.69, 9.17) is 11.6 Å². The van der Waals surface area contributed by atoms with E-state index in [0.717, 1.165) is 12.8 Å². The Kier molecular flexibility index (Phi) is 5.64. The summed E-state index contributed by atoms with van der Waals surface area (Å²) in [6.07, 6.45) is 2.92. The molecular formula is C16H19BrClNO3. The van der Waals surface area contributed by atoms with Gasteiger partial charge in [-0.1, -0.05) is 47.5 Å². The van der Waals surface area contributed by atoms with Gasteiger partial charge in [0.1, 0.15) is 5.60 Å². The predicted octanol–water partition coefficient (Wildman–Crippen LogP) is 3.85. The molecule has 0 aromatic heterocycles. The number of benzene rings is 1. The smallest absolute Gasteiger partial charge is 0.303 e. The van der Waals surface area contributed by atoms with E-state index in [2.05, 4.69) is 20.9 Å². The number of aliphatic imine (C=N–C) groups is 1. The molecule has 4 atom stereocenters. The number of carbonyl (C=O) groups is 1. The lowest BCUT2D eigenvalue weighted by Gasteiger charge is -2.35. The molecule has 0 saturated carbocycles.